The van der Waals surface area contributed by atoms with Gasteiger partial charge in [-0.15, -0.1) is 11.3 Å². The number of amides is 1. The molecule has 0 aliphatic heterocycles. The molecule has 1 heterocycles. The third-order valence-electron chi connectivity index (χ3n) is 1.26. The largest absolute Gasteiger partial charge is 0.361 e. The van der Waals surface area contributed by atoms with Crippen molar-refractivity contribution in [2.24, 2.45) is 0 Å². The van der Waals surface area contributed by atoms with Crippen LogP contribution in [0.2, 0.25) is 0 Å². The molecule has 0 aliphatic carbocycles. The monoisotopic (exact) mass is 268 g/mol. The van der Waals surface area contributed by atoms with Crippen molar-refractivity contribution < 1.29 is 37.5 Å². The van der Waals surface area contributed by atoms with Crippen LogP contribution in [0.3, 0.4) is 0 Å². The molecule has 1 rings (SSSR count). The summed E-state index contributed by atoms with van der Waals surface area (Å²) in [6, 6.07) is 5.05. The Labute approximate surface area is 106 Å². The fourth-order valence-corrected chi connectivity index (χ4v) is 1.50. The third kappa shape index (κ3) is 3.90. The molecule has 1 aromatic heterocycles. The SMILES string of the molecule is [CH2-]C(=O)NC(C#N)c1cccs1.[Y]. The zero-order valence-electron chi connectivity index (χ0n) is 6.86. The van der Waals surface area contributed by atoms with Gasteiger partial charge in [-0.3, -0.25) is 0 Å². The van der Waals surface area contributed by atoms with Crippen molar-refractivity contribution in [1.29, 1.82) is 5.26 Å². The summed E-state index contributed by atoms with van der Waals surface area (Å²) < 4.78 is 0. The van der Waals surface area contributed by atoms with Crippen LogP contribution in [0.15, 0.2) is 17.5 Å². The number of hydrogen-bond acceptors (Lipinski definition) is 3. The molecular weight excluding hydrogens is 261 g/mol. The number of nitriles is 1. The number of thiophene rings is 1. The molecule has 1 N–H and O–H groups in total. The molecule has 0 saturated heterocycles. The Morgan fingerprint density at radius 1 is 1.77 bits per heavy atom. The normalized spacial score (nSPS) is 10.7. The summed E-state index contributed by atoms with van der Waals surface area (Å²) in [5.74, 6) is -0.435. The molecule has 65 valence electrons. The van der Waals surface area contributed by atoms with E-state index in [9.17, 15) is 4.79 Å². The average molecular weight is 268 g/mol. The Balaban J connectivity index is 0.00000144. The van der Waals surface area contributed by atoms with E-state index in [2.05, 4.69) is 12.2 Å². The van der Waals surface area contributed by atoms with Crippen LogP contribution in [0.25, 0.3) is 0 Å². The van der Waals surface area contributed by atoms with Crippen molar-refractivity contribution in [1.82, 2.24) is 5.32 Å². The Morgan fingerprint density at radius 2 is 2.46 bits per heavy atom. The maximum atomic E-state index is 10.5. The molecule has 0 aliphatic rings. The van der Waals surface area contributed by atoms with Crippen LogP contribution in [-0.2, 0) is 37.5 Å². The molecule has 13 heavy (non-hydrogen) atoms. The van der Waals surface area contributed by atoms with Crippen LogP contribution in [0.1, 0.15) is 10.9 Å². The quantitative estimate of drug-likeness (QED) is 0.821. The van der Waals surface area contributed by atoms with Crippen LogP contribution in [0.4, 0.5) is 0 Å². The van der Waals surface area contributed by atoms with Gasteiger partial charge in [-0.1, -0.05) is 6.07 Å². The van der Waals surface area contributed by atoms with Gasteiger partial charge in [-0.25, -0.2) is 0 Å². The van der Waals surface area contributed by atoms with Gasteiger partial charge in [0.15, 0.2) is 0 Å². The first kappa shape index (κ1) is 12.6. The van der Waals surface area contributed by atoms with Crippen LogP contribution in [-0.4, -0.2) is 5.91 Å². The molecule has 0 saturated carbocycles. The third-order valence-corrected chi connectivity index (χ3v) is 2.20. The molecule has 3 nitrogen and oxygen atoms in total. The zero-order chi connectivity index (χ0) is 8.97. The van der Waals surface area contributed by atoms with E-state index in [4.69, 9.17) is 5.26 Å². The summed E-state index contributed by atoms with van der Waals surface area (Å²) in [4.78, 5) is 11.4. The van der Waals surface area contributed by atoms with Gasteiger partial charge in [0.1, 0.15) is 6.04 Å². The van der Waals surface area contributed by atoms with Gasteiger partial charge in [0.2, 0.25) is 0 Å². The van der Waals surface area contributed by atoms with Crippen molar-refractivity contribution in [2.45, 2.75) is 6.04 Å². The summed E-state index contributed by atoms with van der Waals surface area (Å²) in [6.45, 7) is 3.14. The van der Waals surface area contributed by atoms with E-state index in [-0.39, 0.29) is 32.7 Å². The molecule has 1 radical (unpaired) electrons. The molecule has 0 aromatic carbocycles. The van der Waals surface area contributed by atoms with Crippen LogP contribution < -0.4 is 5.32 Å². The number of nitrogens with zero attached hydrogens (tertiary/aromatic N) is 1. The first-order valence-corrected chi connectivity index (χ1v) is 4.17. The average Bonchev–Trinajstić information content (AvgIpc) is 2.51. The Bertz CT molecular complexity index is 304. The maximum absolute atomic E-state index is 10.5. The number of rotatable bonds is 2. The number of carbonyl (C=O) groups excluding carboxylic acids is 1. The minimum Gasteiger partial charge on any atom is -0.361 e. The molecule has 1 amide bonds. The molecular formula is C8H7N2OSY-. The summed E-state index contributed by atoms with van der Waals surface area (Å²) >= 11 is 1.43. The van der Waals surface area contributed by atoms with E-state index in [0.717, 1.165) is 4.88 Å². The molecule has 1 aromatic rings. The Hall–Kier alpha value is -0.366. The predicted octanol–water partition coefficient (Wildman–Crippen LogP) is 1.26. The van der Waals surface area contributed by atoms with Crippen molar-refractivity contribution in [3.63, 3.8) is 0 Å². The van der Waals surface area contributed by atoms with Crippen LogP contribution in [0.5, 0.6) is 0 Å². The molecule has 0 spiro atoms. The van der Waals surface area contributed by atoms with E-state index in [1.54, 1.807) is 6.07 Å². The topological polar surface area (TPSA) is 52.9 Å². The van der Waals surface area contributed by atoms with Gasteiger partial charge in [0.25, 0.3) is 0 Å². The minimum absolute atomic E-state index is 0. The van der Waals surface area contributed by atoms with E-state index < -0.39 is 11.9 Å². The summed E-state index contributed by atoms with van der Waals surface area (Å²) in [5, 5.41) is 12.9. The van der Waals surface area contributed by atoms with Gasteiger partial charge in [0, 0.05) is 37.6 Å². The van der Waals surface area contributed by atoms with Crippen molar-refractivity contribution in [3.8, 4) is 6.07 Å². The summed E-state index contributed by atoms with van der Waals surface area (Å²) in [6.07, 6.45) is 0. The van der Waals surface area contributed by atoms with Crippen molar-refractivity contribution >= 4 is 17.2 Å². The van der Waals surface area contributed by atoms with Crippen molar-refractivity contribution in [3.05, 3.63) is 29.3 Å². The summed E-state index contributed by atoms with van der Waals surface area (Å²) in [5.41, 5.74) is 0. The number of carbonyl (C=O) groups is 1. The first-order chi connectivity index (χ1) is 5.74. The molecule has 0 fully saturated rings. The summed E-state index contributed by atoms with van der Waals surface area (Å²) in [7, 11) is 0. The minimum atomic E-state index is -0.560. The van der Waals surface area contributed by atoms with Gasteiger partial charge >= 0.3 is 0 Å². The molecule has 0 bridgehead atoms. The van der Waals surface area contributed by atoms with Gasteiger partial charge in [-0.2, -0.15) is 5.26 Å². The predicted molar refractivity (Wildman–Crippen MR) is 46.2 cm³/mol. The van der Waals surface area contributed by atoms with Gasteiger partial charge in [0.05, 0.1) is 12.0 Å². The van der Waals surface area contributed by atoms with Crippen LogP contribution in [0, 0.1) is 18.3 Å². The fraction of sp³-hybridized carbons (Fsp3) is 0.125. The second kappa shape index (κ2) is 6.14. The van der Waals surface area contributed by atoms with E-state index in [1.165, 1.54) is 11.3 Å². The molecule has 1 atom stereocenters. The van der Waals surface area contributed by atoms with E-state index in [1.807, 2.05) is 17.5 Å². The van der Waals surface area contributed by atoms with Gasteiger partial charge < -0.3 is 17.0 Å². The van der Waals surface area contributed by atoms with Crippen molar-refractivity contribution in [2.75, 3.05) is 0 Å². The Kier molecular flexibility index (Phi) is 5.97. The van der Waals surface area contributed by atoms with Crippen LogP contribution >= 0.6 is 11.3 Å². The van der Waals surface area contributed by atoms with E-state index >= 15 is 0 Å². The molecule has 1 unspecified atom stereocenters. The smallest absolute Gasteiger partial charge is 0.149 e. The standard InChI is InChI=1S/C8H7N2OS.Y/c1-6(11)10-7(5-9)8-3-2-4-12-8;/h2-4,7H,1H2,(H,10,11);/q-1;. The molecule has 5 heteroatoms. The second-order valence-electron chi connectivity index (χ2n) is 2.15. The fourth-order valence-electron chi connectivity index (χ4n) is 0.784. The first-order valence-electron chi connectivity index (χ1n) is 3.29. The Morgan fingerprint density at radius 3 is 2.85 bits per heavy atom. The zero-order valence-corrected chi connectivity index (χ0v) is 10.5. The maximum Gasteiger partial charge on any atom is 0.149 e. The number of hydrogen-bond donors (Lipinski definition) is 1. The van der Waals surface area contributed by atoms with E-state index in [0.29, 0.717) is 0 Å². The second-order valence-corrected chi connectivity index (χ2v) is 3.12. The van der Waals surface area contributed by atoms with Gasteiger partial charge in [-0.05, 0) is 11.4 Å². The number of nitrogens with one attached hydrogen (secondary N) is 1.